The van der Waals surface area contributed by atoms with E-state index in [2.05, 4.69) is 21.5 Å². The molecule has 22 heteroatoms. The molecule has 0 unspecified atom stereocenters. The number of nitrogens with one attached hydrogen (secondary N) is 4. The molecular formula is C68H88N8O14. The predicted molar refractivity (Wildman–Crippen MR) is 336 cm³/mol. The number of nitrogens with zero attached hydrogens (tertiary/aromatic N) is 4. The third kappa shape index (κ3) is 18.2. The van der Waals surface area contributed by atoms with Gasteiger partial charge in [0.1, 0.15) is 53.5 Å². The summed E-state index contributed by atoms with van der Waals surface area (Å²) < 4.78 is 17.0. The van der Waals surface area contributed by atoms with Crippen LogP contribution in [-0.4, -0.2) is 127 Å². The molecule has 484 valence electrons. The molecule has 8 atom stereocenters. The lowest BCUT2D eigenvalue weighted by Gasteiger charge is -2.35. The highest BCUT2D eigenvalue weighted by Gasteiger charge is 2.41. The second-order valence-electron chi connectivity index (χ2n) is 26.7. The second-order valence-corrected chi connectivity index (χ2v) is 26.7. The molecule has 4 amide bonds. The fourth-order valence-corrected chi connectivity index (χ4v) is 10.9. The normalized spacial score (nSPS) is 25.8. The van der Waals surface area contributed by atoms with Gasteiger partial charge in [0.15, 0.2) is 0 Å². The number of rotatable bonds is 6. The number of carbonyl (C=O) groups excluding carboxylic acids is 9. The van der Waals surface area contributed by atoms with E-state index in [-0.39, 0.29) is 49.3 Å². The average molecular weight is 1240 g/mol. The molecule has 0 aliphatic carbocycles. The minimum absolute atomic E-state index is 0.0649. The van der Waals surface area contributed by atoms with Gasteiger partial charge in [0, 0.05) is 59.4 Å². The Bertz CT molecular complexity index is 3460. The summed E-state index contributed by atoms with van der Waals surface area (Å²) in [6.45, 7) is 23.5. The number of Topliss-reactive ketones (excluding diaryl/α,β-unsaturated/α-hetero) is 2. The predicted octanol–water partition coefficient (Wildman–Crippen LogP) is 8.41. The van der Waals surface area contributed by atoms with Crippen LogP contribution in [0.1, 0.15) is 176 Å². The first-order chi connectivity index (χ1) is 42.2. The van der Waals surface area contributed by atoms with Gasteiger partial charge in [-0.05, 0) is 135 Å². The van der Waals surface area contributed by atoms with E-state index in [1.807, 2.05) is 86.7 Å². The van der Waals surface area contributed by atoms with Gasteiger partial charge in [-0.1, -0.05) is 88.4 Å². The number of benzene rings is 2. The van der Waals surface area contributed by atoms with Crippen molar-refractivity contribution in [3.63, 3.8) is 0 Å². The maximum Gasteiger partial charge on any atom is 0.325 e. The standard InChI is InChI=1S/C36H48N4O7.C32H40N4O7/c1-21(2)25-19-30(41)36(7,8)16-15-23-11-12-24-13-14-26(37-28(24)18-23)22(3)46-34(45)27-10-9-17-40(39-27)33(44)29(38-32(25)43)20-31(42)47-35(4,5)6;1-18(2)22-16-27(37)32(4,5)13-12-20-8-9-21-10-11-23(33-25(21)15-20)19(3)43-31(42)24-7-6-14-36(35-24)30(41)26(17-28(38)39)34-29(22)40/h11-16,18,21-22,25,27,29,39H,9-10,17,19-20H2,1-8H3,(H,38,43);8-13,15,18-19,22,24,26,35H,6-7,14,16-17H2,1-5H3,(H,34,40)(H,38,39)/b16-15+;13-12+/t22-,25+,27+,29+;19-,22+,24+,26+/m11/s1. The van der Waals surface area contributed by atoms with Crippen LogP contribution in [0.4, 0.5) is 0 Å². The molecule has 4 aliphatic heterocycles. The maximum absolute atomic E-state index is 13.9. The number of allylic oxidation sites excluding steroid dienone is 2. The number of aliphatic carboxylic acids is 1. The molecule has 10 bridgehead atoms. The Morgan fingerprint density at radius 3 is 1.39 bits per heavy atom. The van der Waals surface area contributed by atoms with Gasteiger partial charge in [-0.15, -0.1) is 0 Å². The summed E-state index contributed by atoms with van der Waals surface area (Å²) in [7, 11) is 0. The van der Waals surface area contributed by atoms with E-state index >= 15 is 0 Å². The number of ketones is 2. The number of amides is 4. The number of esters is 3. The average Bonchev–Trinajstić information content (AvgIpc) is 1.04. The Balaban J connectivity index is 0.000000257. The summed E-state index contributed by atoms with van der Waals surface area (Å²) in [5, 5.41) is 19.1. The second kappa shape index (κ2) is 29.1. The molecule has 6 heterocycles. The van der Waals surface area contributed by atoms with Crippen molar-refractivity contribution in [3.05, 3.63) is 95.3 Å². The van der Waals surface area contributed by atoms with Crippen LogP contribution in [0.2, 0.25) is 0 Å². The molecule has 2 aromatic carbocycles. The van der Waals surface area contributed by atoms with Crippen LogP contribution >= 0.6 is 0 Å². The van der Waals surface area contributed by atoms with Gasteiger partial charge in [-0.3, -0.25) is 58.0 Å². The number of carboxylic acid groups (broad SMARTS) is 1. The number of cyclic esters (lactones) is 2. The molecule has 90 heavy (non-hydrogen) atoms. The molecule has 8 rings (SSSR count). The van der Waals surface area contributed by atoms with Gasteiger partial charge in [0.25, 0.3) is 11.8 Å². The van der Waals surface area contributed by atoms with Crippen LogP contribution < -0.4 is 21.5 Å². The van der Waals surface area contributed by atoms with Crippen LogP contribution in [0.3, 0.4) is 0 Å². The summed E-state index contributed by atoms with van der Waals surface area (Å²) in [5.41, 5.74) is 7.39. The number of hydrogen-bond donors (Lipinski definition) is 5. The van der Waals surface area contributed by atoms with Crippen molar-refractivity contribution in [3.8, 4) is 0 Å². The van der Waals surface area contributed by atoms with Crippen LogP contribution in [0.15, 0.2) is 72.8 Å². The molecule has 0 spiro atoms. The smallest absolute Gasteiger partial charge is 0.325 e. The number of pyridine rings is 2. The van der Waals surface area contributed by atoms with Gasteiger partial charge in [-0.25, -0.2) is 20.8 Å². The molecule has 22 nitrogen and oxygen atoms in total. The van der Waals surface area contributed by atoms with Crippen LogP contribution in [0, 0.1) is 34.5 Å². The highest BCUT2D eigenvalue weighted by molar-refractivity contribution is 5.97. The maximum atomic E-state index is 13.9. The van der Waals surface area contributed by atoms with Gasteiger partial charge in [-0.2, -0.15) is 0 Å². The van der Waals surface area contributed by atoms with Crippen molar-refractivity contribution < 1.29 is 67.3 Å². The van der Waals surface area contributed by atoms with Crippen molar-refractivity contribution in [2.75, 3.05) is 13.1 Å². The molecule has 2 fully saturated rings. The molecule has 2 aromatic heterocycles. The minimum Gasteiger partial charge on any atom is -0.481 e. The van der Waals surface area contributed by atoms with Crippen LogP contribution in [0.25, 0.3) is 34.0 Å². The number of hydrazine groups is 2. The van der Waals surface area contributed by atoms with Gasteiger partial charge in [0.05, 0.1) is 35.3 Å². The summed E-state index contributed by atoms with van der Waals surface area (Å²) >= 11 is 0. The summed E-state index contributed by atoms with van der Waals surface area (Å²) in [6, 6.07) is 14.6. The number of fused-ring (bicyclic) bond motifs is 8. The van der Waals surface area contributed by atoms with Crippen LogP contribution in [-0.2, 0) is 62.2 Å². The van der Waals surface area contributed by atoms with E-state index in [9.17, 15) is 53.1 Å². The van der Waals surface area contributed by atoms with Gasteiger partial charge < -0.3 is 30.0 Å². The van der Waals surface area contributed by atoms with E-state index in [1.165, 1.54) is 10.0 Å². The number of hydrogen-bond acceptors (Lipinski definition) is 17. The first-order valence-electron chi connectivity index (χ1n) is 31.1. The van der Waals surface area contributed by atoms with E-state index in [0.29, 0.717) is 48.1 Å². The first-order valence-corrected chi connectivity index (χ1v) is 31.1. The van der Waals surface area contributed by atoms with E-state index < -0.39 is 125 Å². The molecule has 5 N–H and O–H groups in total. The Hall–Kier alpha value is -8.24. The summed E-state index contributed by atoms with van der Waals surface area (Å²) in [4.78, 5) is 142. The molecule has 4 aromatic rings. The minimum atomic E-state index is -1.40. The largest absolute Gasteiger partial charge is 0.481 e. The van der Waals surface area contributed by atoms with Crippen LogP contribution in [0.5, 0.6) is 0 Å². The highest BCUT2D eigenvalue weighted by atomic mass is 16.6. The number of ether oxygens (including phenoxy) is 3. The fourth-order valence-electron chi connectivity index (χ4n) is 10.9. The van der Waals surface area contributed by atoms with Gasteiger partial charge >= 0.3 is 23.9 Å². The molecule has 2 saturated heterocycles. The van der Waals surface area contributed by atoms with E-state index in [0.717, 1.165) is 21.9 Å². The number of carbonyl (C=O) groups is 10. The lowest BCUT2D eigenvalue weighted by atomic mass is 9.79. The van der Waals surface area contributed by atoms with Crippen molar-refractivity contribution in [1.29, 1.82) is 0 Å². The quantitative estimate of drug-likeness (QED) is 0.0893. The van der Waals surface area contributed by atoms with Crippen molar-refractivity contribution in [1.82, 2.24) is 41.5 Å². The monoisotopic (exact) mass is 1240 g/mol. The zero-order chi connectivity index (χ0) is 66.2. The molecule has 0 radical (unpaired) electrons. The van der Waals surface area contributed by atoms with Crippen molar-refractivity contribution >= 4 is 93.0 Å². The molecular weight excluding hydrogens is 1150 g/mol. The number of aromatic nitrogens is 2. The Morgan fingerprint density at radius 1 is 0.622 bits per heavy atom. The van der Waals surface area contributed by atoms with E-state index in [4.69, 9.17) is 24.2 Å². The SMILES string of the molecule is CC(C)[C@@H]1CC(=O)C(C)(C)/C=C/c2ccc3ccc(nc3c2)[C@@H](C)OC(=O)[C@@H]2CCCN(N2)C(=O)[C@H](CC(=O)O)NC1=O.CC(C)[C@@H]1CC(=O)C(C)(C)/C=C/c2ccc3ccc(nc3c2)[C@@H](C)OC(=O)[C@@H]2CCCN(N2)C(=O)[C@H](CC(=O)OC(C)(C)C)NC1=O. The summed E-state index contributed by atoms with van der Waals surface area (Å²) in [6.07, 6.45) is 6.49. The fraction of sp³-hybridized carbons (Fsp3) is 0.529. The third-order valence-corrected chi connectivity index (χ3v) is 16.7. The first kappa shape index (κ1) is 69.2. The highest BCUT2D eigenvalue weighted by Crippen LogP contribution is 2.32. The lowest BCUT2D eigenvalue weighted by molar-refractivity contribution is -0.161. The van der Waals surface area contributed by atoms with Gasteiger partial charge in [0.2, 0.25) is 11.8 Å². The van der Waals surface area contributed by atoms with Crippen molar-refractivity contribution in [2.24, 2.45) is 34.5 Å². The molecule has 0 saturated carbocycles. The Labute approximate surface area is 526 Å². The Kier molecular flexibility index (Phi) is 22.4. The van der Waals surface area contributed by atoms with E-state index in [1.54, 1.807) is 88.3 Å². The lowest BCUT2D eigenvalue weighted by Crippen LogP contribution is -2.60. The Morgan fingerprint density at radius 2 is 1.01 bits per heavy atom. The summed E-state index contributed by atoms with van der Waals surface area (Å²) in [5.74, 6) is -7.81. The van der Waals surface area contributed by atoms with Crippen molar-refractivity contribution in [2.45, 2.75) is 183 Å². The topological polar surface area (TPSA) is 299 Å². The zero-order valence-electron chi connectivity index (χ0n) is 54.0. The zero-order valence-corrected chi connectivity index (χ0v) is 54.0. The third-order valence-electron chi connectivity index (χ3n) is 16.7. The molecule has 4 aliphatic rings. The number of carboxylic acids is 1.